The van der Waals surface area contributed by atoms with Gasteiger partial charge in [0.25, 0.3) is 0 Å². The second kappa shape index (κ2) is 6.14. The van der Waals surface area contributed by atoms with Gasteiger partial charge in [-0.2, -0.15) is 4.98 Å². The van der Waals surface area contributed by atoms with E-state index in [1.807, 2.05) is 0 Å². The summed E-state index contributed by atoms with van der Waals surface area (Å²) in [6, 6.07) is 3.42. The van der Waals surface area contributed by atoms with Gasteiger partial charge in [0, 0.05) is 20.3 Å². The van der Waals surface area contributed by atoms with Crippen molar-refractivity contribution in [1.82, 2.24) is 4.98 Å². The first-order chi connectivity index (χ1) is 7.71. The van der Waals surface area contributed by atoms with E-state index >= 15 is 0 Å². The molecule has 6 heteroatoms. The molecule has 0 radical (unpaired) electrons. The van der Waals surface area contributed by atoms with Crippen LogP contribution in [0.3, 0.4) is 0 Å². The molecule has 0 spiro atoms. The summed E-state index contributed by atoms with van der Waals surface area (Å²) in [6.45, 7) is 0.456. The lowest BCUT2D eigenvalue weighted by Crippen LogP contribution is -2.24. The highest BCUT2D eigenvalue weighted by molar-refractivity contribution is 5.61. The van der Waals surface area contributed by atoms with Crippen molar-refractivity contribution in [2.24, 2.45) is 0 Å². The van der Waals surface area contributed by atoms with Crippen molar-refractivity contribution in [2.45, 2.75) is 6.29 Å². The zero-order valence-corrected chi connectivity index (χ0v) is 9.69. The van der Waals surface area contributed by atoms with E-state index in [-0.39, 0.29) is 6.29 Å². The summed E-state index contributed by atoms with van der Waals surface area (Å²) in [7, 11) is 4.69. The van der Waals surface area contributed by atoms with Crippen LogP contribution in [0.15, 0.2) is 12.1 Å². The van der Waals surface area contributed by atoms with Gasteiger partial charge in [0.1, 0.15) is 0 Å². The number of nitrogens with zero attached hydrogens (tertiary/aromatic N) is 1. The van der Waals surface area contributed by atoms with Crippen LogP contribution in [0.1, 0.15) is 0 Å². The molecule has 0 aliphatic heterocycles. The lowest BCUT2D eigenvalue weighted by atomic mass is 10.4. The molecular weight excluding hydrogens is 210 g/mol. The number of nitrogens with one attached hydrogen (secondary N) is 1. The molecule has 1 heterocycles. The number of ether oxygens (including phenoxy) is 3. The Morgan fingerprint density at radius 3 is 2.56 bits per heavy atom. The number of aromatic nitrogens is 1. The van der Waals surface area contributed by atoms with E-state index in [1.165, 1.54) is 0 Å². The van der Waals surface area contributed by atoms with Crippen LogP contribution in [0.2, 0.25) is 0 Å². The Balaban J connectivity index is 2.65. The molecule has 0 atom stereocenters. The van der Waals surface area contributed by atoms with Crippen LogP contribution in [-0.2, 0) is 9.47 Å². The highest BCUT2D eigenvalue weighted by Gasteiger charge is 2.07. The number of rotatable bonds is 6. The standard InChI is InChI=1S/C10H17N3O3/c1-14-8-5-4-7(11)10(13-8)12-6-9(15-2)16-3/h4-5,9H,6,11H2,1-3H3,(H,12,13). The van der Waals surface area contributed by atoms with Crippen molar-refractivity contribution in [2.75, 3.05) is 38.9 Å². The Morgan fingerprint density at radius 2 is 2.00 bits per heavy atom. The summed E-state index contributed by atoms with van der Waals surface area (Å²) in [4.78, 5) is 4.16. The highest BCUT2D eigenvalue weighted by Crippen LogP contribution is 2.19. The Morgan fingerprint density at radius 1 is 1.31 bits per heavy atom. The Bertz CT molecular complexity index is 329. The third-order valence-corrected chi connectivity index (χ3v) is 2.07. The van der Waals surface area contributed by atoms with Crippen LogP contribution in [-0.4, -0.2) is 39.1 Å². The van der Waals surface area contributed by atoms with Gasteiger partial charge < -0.3 is 25.3 Å². The molecule has 0 aliphatic rings. The molecule has 0 saturated carbocycles. The van der Waals surface area contributed by atoms with Gasteiger partial charge in [0.05, 0.1) is 19.3 Å². The fourth-order valence-corrected chi connectivity index (χ4v) is 1.15. The van der Waals surface area contributed by atoms with Gasteiger partial charge in [-0.25, -0.2) is 0 Å². The van der Waals surface area contributed by atoms with Crippen molar-refractivity contribution in [3.05, 3.63) is 12.1 Å². The normalized spacial score (nSPS) is 10.5. The molecule has 0 fully saturated rings. The molecule has 16 heavy (non-hydrogen) atoms. The number of methoxy groups -OCH3 is 3. The topological polar surface area (TPSA) is 78.6 Å². The second-order valence-electron chi connectivity index (χ2n) is 3.07. The Kier molecular flexibility index (Phi) is 4.81. The van der Waals surface area contributed by atoms with Gasteiger partial charge in [-0.3, -0.25) is 0 Å². The molecule has 90 valence electrons. The van der Waals surface area contributed by atoms with Crippen molar-refractivity contribution in [3.63, 3.8) is 0 Å². The van der Waals surface area contributed by atoms with Gasteiger partial charge in [-0.1, -0.05) is 0 Å². The Hall–Kier alpha value is -1.53. The fourth-order valence-electron chi connectivity index (χ4n) is 1.15. The van der Waals surface area contributed by atoms with Crippen LogP contribution >= 0.6 is 0 Å². The molecule has 0 unspecified atom stereocenters. The minimum atomic E-state index is -0.340. The zero-order valence-electron chi connectivity index (χ0n) is 9.69. The van der Waals surface area contributed by atoms with E-state index in [4.69, 9.17) is 19.9 Å². The van der Waals surface area contributed by atoms with Crippen LogP contribution < -0.4 is 15.8 Å². The predicted octanol–water partition coefficient (Wildman–Crippen LogP) is 0.703. The monoisotopic (exact) mass is 227 g/mol. The maximum atomic E-state index is 5.75. The minimum absolute atomic E-state index is 0.340. The van der Waals surface area contributed by atoms with Crippen LogP contribution in [0.4, 0.5) is 11.5 Å². The largest absolute Gasteiger partial charge is 0.481 e. The summed E-state index contributed by atoms with van der Waals surface area (Å²) in [5.41, 5.74) is 6.30. The number of anilines is 2. The maximum Gasteiger partial charge on any atom is 0.215 e. The lowest BCUT2D eigenvalue weighted by Gasteiger charge is -2.15. The number of nitrogens with two attached hydrogens (primary N) is 1. The first-order valence-corrected chi connectivity index (χ1v) is 4.81. The molecule has 0 bridgehead atoms. The van der Waals surface area contributed by atoms with Crippen LogP contribution in [0.5, 0.6) is 5.88 Å². The molecule has 6 nitrogen and oxygen atoms in total. The zero-order chi connectivity index (χ0) is 12.0. The first-order valence-electron chi connectivity index (χ1n) is 4.81. The van der Waals surface area contributed by atoms with E-state index < -0.39 is 0 Å². The van der Waals surface area contributed by atoms with Gasteiger partial charge in [0.2, 0.25) is 5.88 Å². The molecule has 0 aromatic carbocycles. The first kappa shape index (κ1) is 12.5. The van der Waals surface area contributed by atoms with Crippen LogP contribution in [0.25, 0.3) is 0 Å². The molecule has 3 N–H and O–H groups in total. The summed E-state index contributed by atoms with van der Waals surface area (Å²) >= 11 is 0. The van der Waals surface area contributed by atoms with Crippen molar-refractivity contribution in [1.29, 1.82) is 0 Å². The average molecular weight is 227 g/mol. The summed E-state index contributed by atoms with van der Waals surface area (Å²) < 4.78 is 15.1. The van der Waals surface area contributed by atoms with E-state index in [0.717, 1.165) is 0 Å². The van der Waals surface area contributed by atoms with Crippen molar-refractivity contribution >= 4 is 11.5 Å². The second-order valence-corrected chi connectivity index (χ2v) is 3.07. The smallest absolute Gasteiger partial charge is 0.215 e. The summed E-state index contributed by atoms with van der Waals surface area (Å²) in [5, 5.41) is 3.02. The molecule has 1 rings (SSSR count). The third-order valence-electron chi connectivity index (χ3n) is 2.07. The highest BCUT2D eigenvalue weighted by atomic mass is 16.7. The number of hydrogen-bond acceptors (Lipinski definition) is 6. The van der Waals surface area contributed by atoms with E-state index in [0.29, 0.717) is 23.9 Å². The number of hydrogen-bond donors (Lipinski definition) is 2. The molecule has 0 saturated heterocycles. The van der Waals surface area contributed by atoms with Gasteiger partial charge >= 0.3 is 0 Å². The van der Waals surface area contributed by atoms with Crippen molar-refractivity contribution < 1.29 is 14.2 Å². The minimum Gasteiger partial charge on any atom is -0.481 e. The average Bonchev–Trinajstić information content (AvgIpc) is 2.32. The van der Waals surface area contributed by atoms with Gasteiger partial charge in [-0.15, -0.1) is 0 Å². The molecule has 1 aromatic heterocycles. The predicted molar refractivity (Wildman–Crippen MR) is 61.5 cm³/mol. The Labute approximate surface area is 94.7 Å². The van der Waals surface area contributed by atoms with E-state index in [9.17, 15) is 0 Å². The lowest BCUT2D eigenvalue weighted by molar-refractivity contribution is -0.0914. The third kappa shape index (κ3) is 3.25. The summed E-state index contributed by atoms with van der Waals surface area (Å²) in [5.74, 6) is 1.06. The maximum absolute atomic E-state index is 5.75. The van der Waals surface area contributed by atoms with E-state index in [1.54, 1.807) is 33.5 Å². The quantitative estimate of drug-likeness (QED) is 0.697. The SMILES string of the molecule is COc1ccc(N)c(NCC(OC)OC)n1. The number of pyridine rings is 1. The van der Waals surface area contributed by atoms with Crippen LogP contribution in [0, 0.1) is 0 Å². The molecule has 1 aromatic rings. The fraction of sp³-hybridized carbons (Fsp3) is 0.500. The number of nitrogen functional groups attached to an aromatic ring is 1. The molecule has 0 amide bonds. The summed E-state index contributed by atoms with van der Waals surface area (Å²) in [6.07, 6.45) is -0.340. The molecule has 0 aliphatic carbocycles. The van der Waals surface area contributed by atoms with Gasteiger partial charge in [-0.05, 0) is 6.07 Å². The molecular formula is C10H17N3O3. The van der Waals surface area contributed by atoms with Gasteiger partial charge in [0.15, 0.2) is 12.1 Å². The van der Waals surface area contributed by atoms with E-state index in [2.05, 4.69) is 10.3 Å². The van der Waals surface area contributed by atoms with Crippen molar-refractivity contribution in [3.8, 4) is 5.88 Å².